The van der Waals surface area contributed by atoms with Gasteiger partial charge in [-0.3, -0.25) is 4.89 Å². The van der Waals surface area contributed by atoms with Crippen LogP contribution in [0.25, 0.3) is 0 Å². The van der Waals surface area contributed by atoms with Crippen molar-refractivity contribution in [1.82, 2.24) is 0 Å². The summed E-state index contributed by atoms with van der Waals surface area (Å²) in [5.74, 6) is -0.705. The number of hydrogen-bond donors (Lipinski definition) is 0. The first-order valence-corrected chi connectivity index (χ1v) is 7.35. The Bertz CT molecular complexity index is 528. The topological polar surface area (TPSA) is 69.7 Å². The molecule has 100 valence electrons. The molecule has 7 heteroatoms. The van der Waals surface area contributed by atoms with E-state index < -0.39 is 20.6 Å². The zero-order chi connectivity index (χ0) is 14.0. The number of rotatable bonds is 3. The van der Waals surface area contributed by atoms with Crippen molar-refractivity contribution in [2.45, 2.75) is 31.3 Å². The van der Waals surface area contributed by atoms with Crippen LogP contribution in [0.2, 0.25) is 0 Å². The van der Waals surface area contributed by atoms with E-state index in [2.05, 4.69) is 4.89 Å². The number of hydrogen-bond acceptors (Lipinski definition) is 5. The molecule has 0 spiro atoms. The molecule has 0 aliphatic heterocycles. The van der Waals surface area contributed by atoms with E-state index in [4.69, 9.17) is 15.6 Å². The Morgan fingerprint density at radius 1 is 1.17 bits per heavy atom. The van der Waals surface area contributed by atoms with Gasteiger partial charge >= 0.3 is 5.97 Å². The molecule has 0 atom stereocenters. The third kappa shape index (κ3) is 4.64. The van der Waals surface area contributed by atoms with E-state index in [-0.39, 0.29) is 10.5 Å². The fraction of sp³-hybridized carbons (Fsp3) is 0.364. The average molecular weight is 293 g/mol. The molecule has 1 rings (SSSR count). The maximum absolute atomic E-state index is 11.5. The molecule has 0 amide bonds. The molecule has 0 bridgehead atoms. The lowest BCUT2D eigenvalue weighted by Crippen LogP contribution is -2.21. The summed E-state index contributed by atoms with van der Waals surface area (Å²) in [5.41, 5.74) is -0.446. The summed E-state index contributed by atoms with van der Waals surface area (Å²) in [6.45, 7) is 5.18. The summed E-state index contributed by atoms with van der Waals surface area (Å²) in [5, 5.41) is 0. The molecule has 0 heterocycles. The summed E-state index contributed by atoms with van der Waals surface area (Å²) < 4.78 is 22.0. The highest BCUT2D eigenvalue weighted by atomic mass is 35.7. The van der Waals surface area contributed by atoms with Crippen molar-refractivity contribution < 1.29 is 23.0 Å². The second-order valence-corrected chi connectivity index (χ2v) is 7.09. The summed E-state index contributed by atoms with van der Waals surface area (Å²) in [6, 6.07) is 5.03. The SMILES string of the molecule is CC(C)(C)OOC(=O)c1ccc(S(=O)(=O)Cl)cc1. The number of halogens is 1. The molecule has 0 saturated carbocycles. The lowest BCUT2D eigenvalue weighted by atomic mass is 10.2. The lowest BCUT2D eigenvalue weighted by molar-refractivity contribution is -0.301. The van der Waals surface area contributed by atoms with Crippen LogP contribution in [0.5, 0.6) is 0 Å². The molecule has 0 saturated heterocycles. The average Bonchev–Trinajstić information content (AvgIpc) is 2.24. The smallest absolute Gasteiger partial charge is 0.292 e. The number of carbonyl (C=O) groups excluding carboxylic acids is 1. The summed E-state index contributed by atoms with van der Waals surface area (Å²) >= 11 is 0. The second kappa shape index (κ2) is 5.26. The summed E-state index contributed by atoms with van der Waals surface area (Å²) in [4.78, 5) is 20.9. The van der Waals surface area contributed by atoms with Crippen LogP contribution in [0.3, 0.4) is 0 Å². The van der Waals surface area contributed by atoms with E-state index in [1.54, 1.807) is 20.8 Å². The van der Waals surface area contributed by atoms with Gasteiger partial charge in [-0.05, 0) is 45.0 Å². The van der Waals surface area contributed by atoms with Gasteiger partial charge in [-0.1, -0.05) is 0 Å². The van der Waals surface area contributed by atoms with Gasteiger partial charge in [0.1, 0.15) is 5.60 Å². The Morgan fingerprint density at radius 2 is 1.67 bits per heavy atom. The molecular weight excluding hydrogens is 280 g/mol. The van der Waals surface area contributed by atoms with Crippen LogP contribution >= 0.6 is 10.7 Å². The Balaban J connectivity index is 2.77. The zero-order valence-corrected chi connectivity index (χ0v) is 11.7. The van der Waals surface area contributed by atoms with E-state index >= 15 is 0 Å². The minimum Gasteiger partial charge on any atom is -0.292 e. The Labute approximate surface area is 110 Å². The van der Waals surface area contributed by atoms with Crippen LogP contribution in [-0.2, 0) is 18.8 Å². The molecule has 5 nitrogen and oxygen atoms in total. The van der Waals surface area contributed by atoms with Crippen molar-refractivity contribution in [1.29, 1.82) is 0 Å². The van der Waals surface area contributed by atoms with E-state index in [1.165, 1.54) is 24.3 Å². The van der Waals surface area contributed by atoms with Gasteiger partial charge in [0, 0.05) is 10.7 Å². The standard InChI is InChI=1S/C11H13ClO5S/c1-11(2,3)17-16-10(13)8-4-6-9(7-5-8)18(12,14)15/h4-7H,1-3H3. The van der Waals surface area contributed by atoms with Crippen molar-refractivity contribution in [3.63, 3.8) is 0 Å². The highest BCUT2D eigenvalue weighted by molar-refractivity contribution is 8.13. The van der Waals surface area contributed by atoms with Crippen molar-refractivity contribution in [3.05, 3.63) is 29.8 Å². The third-order valence-corrected chi connectivity index (χ3v) is 3.11. The Kier molecular flexibility index (Phi) is 4.37. The molecule has 1 aromatic rings. The van der Waals surface area contributed by atoms with Gasteiger partial charge in [-0.25, -0.2) is 13.2 Å². The quantitative estimate of drug-likeness (QED) is 0.486. The first kappa shape index (κ1) is 14.9. The third-order valence-electron chi connectivity index (χ3n) is 1.74. The first-order chi connectivity index (χ1) is 8.09. The maximum Gasteiger partial charge on any atom is 0.373 e. The van der Waals surface area contributed by atoms with Gasteiger partial charge in [-0.2, -0.15) is 4.89 Å². The monoisotopic (exact) mass is 292 g/mol. The normalized spacial score (nSPS) is 12.2. The van der Waals surface area contributed by atoms with Gasteiger partial charge in [-0.15, -0.1) is 0 Å². The van der Waals surface area contributed by atoms with Crippen molar-refractivity contribution in [2.75, 3.05) is 0 Å². The zero-order valence-electron chi connectivity index (χ0n) is 10.1. The Hall–Kier alpha value is -1.11. The molecule has 0 aliphatic rings. The van der Waals surface area contributed by atoms with Gasteiger partial charge < -0.3 is 0 Å². The van der Waals surface area contributed by atoms with Gasteiger partial charge in [0.25, 0.3) is 9.05 Å². The minimum atomic E-state index is -3.79. The molecule has 0 fully saturated rings. The molecule has 0 radical (unpaired) electrons. The van der Waals surface area contributed by atoms with E-state index in [9.17, 15) is 13.2 Å². The highest BCUT2D eigenvalue weighted by Gasteiger charge is 2.17. The van der Waals surface area contributed by atoms with Crippen LogP contribution in [0.1, 0.15) is 31.1 Å². The van der Waals surface area contributed by atoms with Crippen LogP contribution in [0.4, 0.5) is 0 Å². The van der Waals surface area contributed by atoms with Gasteiger partial charge in [0.05, 0.1) is 10.5 Å². The van der Waals surface area contributed by atoms with Gasteiger partial charge in [0.15, 0.2) is 0 Å². The molecule has 0 aliphatic carbocycles. The predicted molar refractivity (Wildman–Crippen MR) is 65.7 cm³/mol. The summed E-state index contributed by atoms with van der Waals surface area (Å²) in [7, 11) is 1.35. The number of benzene rings is 1. The lowest BCUT2D eigenvalue weighted by Gasteiger charge is -2.16. The van der Waals surface area contributed by atoms with Crippen LogP contribution in [0, 0.1) is 0 Å². The van der Waals surface area contributed by atoms with Crippen LogP contribution < -0.4 is 0 Å². The number of carbonyl (C=O) groups is 1. The minimum absolute atomic E-state index is 0.0857. The molecule has 18 heavy (non-hydrogen) atoms. The molecule has 0 N–H and O–H groups in total. The Morgan fingerprint density at radius 3 is 2.06 bits per heavy atom. The van der Waals surface area contributed by atoms with Crippen molar-refractivity contribution in [2.24, 2.45) is 0 Å². The van der Waals surface area contributed by atoms with E-state index in [0.717, 1.165) is 0 Å². The molecule has 0 aromatic heterocycles. The van der Waals surface area contributed by atoms with E-state index in [0.29, 0.717) is 0 Å². The maximum atomic E-state index is 11.5. The van der Waals surface area contributed by atoms with Crippen LogP contribution in [-0.4, -0.2) is 20.0 Å². The van der Waals surface area contributed by atoms with Crippen molar-refractivity contribution >= 4 is 25.7 Å². The van der Waals surface area contributed by atoms with Crippen molar-refractivity contribution in [3.8, 4) is 0 Å². The fourth-order valence-electron chi connectivity index (χ4n) is 0.965. The highest BCUT2D eigenvalue weighted by Crippen LogP contribution is 2.16. The van der Waals surface area contributed by atoms with Crippen LogP contribution in [0.15, 0.2) is 29.2 Å². The first-order valence-electron chi connectivity index (χ1n) is 5.04. The fourth-order valence-corrected chi connectivity index (χ4v) is 1.73. The predicted octanol–water partition coefficient (Wildman–Crippen LogP) is 2.50. The largest absolute Gasteiger partial charge is 0.373 e. The van der Waals surface area contributed by atoms with E-state index in [1.807, 2.05) is 0 Å². The second-order valence-electron chi connectivity index (χ2n) is 4.53. The van der Waals surface area contributed by atoms with Gasteiger partial charge in [0.2, 0.25) is 0 Å². The summed E-state index contributed by atoms with van der Waals surface area (Å²) in [6.07, 6.45) is 0. The molecule has 0 unspecified atom stereocenters. The molecular formula is C11H13ClO5S. The molecule has 1 aromatic carbocycles.